The lowest BCUT2D eigenvalue weighted by molar-refractivity contribution is 0.000194. The van der Waals surface area contributed by atoms with E-state index in [1.807, 2.05) is 0 Å². The van der Waals surface area contributed by atoms with E-state index in [9.17, 15) is 4.79 Å². The second kappa shape index (κ2) is 6.45. The van der Waals surface area contributed by atoms with Gasteiger partial charge >= 0.3 is 6.03 Å². The third-order valence-electron chi connectivity index (χ3n) is 7.16. The third-order valence-corrected chi connectivity index (χ3v) is 7.16. The van der Waals surface area contributed by atoms with Gasteiger partial charge in [-0.15, -0.1) is 0 Å². The minimum atomic E-state index is 0.294. The maximum atomic E-state index is 13.3. The quantitative estimate of drug-likeness (QED) is 0.818. The van der Waals surface area contributed by atoms with E-state index >= 15 is 0 Å². The summed E-state index contributed by atoms with van der Waals surface area (Å²) < 4.78 is 5.33. The molecule has 0 N–H and O–H groups in total. The molecule has 2 bridgehead atoms. The van der Waals surface area contributed by atoms with Crippen LogP contribution < -0.4 is 4.74 Å². The van der Waals surface area contributed by atoms with Crippen LogP contribution >= 0.6 is 0 Å². The van der Waals surface area contributed by atoms with Gasteiger partial charge in [0, 0.05) is 31.6 Å². The lowest BCUT2D eigenvalue weighted by Gasteiger charge is -2.51. The number of nitrogens with zero attached hydrogens (tertiary/aromatic N) is 3. The average Bonchev–Trinajstić information content (AvgIpc) is 3.38. The highest BCUT2D eigenvalue weighted by molar-refractivity contribution is 5.76. The number of carbonyl (C=O) groups excluding carboxylic acids is 1. The van der Waals surface area contributed by atoms with Crippen molar-refractivity contribution >= 4 is 6.03 Å². The summed E-state index contributed by atoms with van der Waals surface area (Å²) >= 11 is 0. The molecule has 0 saturated carbocycles. The zero-order valence-corrected chi connectivity index (χ0v) is 15.6. The van der Waals surface area contributed by atoms with Crippen LogP contribution in [0.2, 0.25) is 0 Å². The molecule has 26 heavy (non-hydrogen) atoms. The SMILES string of the molecule is COc1ccc([C@@H]2CN(C(=O)N3CCCC3)[C@@H]3C4CCN(CC4)[C@@H]32)cc1. The molecular formula is C21H29N3O2. The van der Waals surface area contributed by atoms with E-state index < -0.39 is 0 Å². The van der Waals surface area contributed by atoms with Gasteiger partial charge in [-0.25, -0.2) is 4.79 Å². The molecule has 0 aliphatic carbocycles. The van der Waals surface area contributed by atoms with Gasteiger partial charge in [0.15, 0.2) is 0 Å². The van der Waals surface area contributed by atoms with Gasteiger partial charge in [-0.3, -0.25) is 4.90 Å². The fraction of sp³-hybridized carbons (Fsp3) is 0.667. The molecule has 5 heterocycles. The maximum absolute atomic E-state index is 13.3. The van der Waals surface area contributed by atoms with Crippen LogP contribution in [0.4, 0.5) is 4.79 Å². The molecule has 3 atom stereocenters. The van der Waals surface area contributed by atoms with Gasteiger partial charge in [-0.1, -0.05) is 12.1 Å². The fourth-order valence-electron chi connectivity index (χ4n) is 5.88. The number of likely N-dealkylation sites (tertiary alicyclic amines) is 2. The first-order valence-corrected chi connectivity index (χ1v) is 10.2. The van der Waals surface area contributed by atoms with Crippen molar-refractivity contribution < 1.29 is 9.53 Å². The Morgan fingerprint density at radius 1 is 1.00 bits per heavy atom. The number of fused-ring (bicyclic) bond motifs is 2. The Hall–Kier alpha value is -1.75. The Labute approximate surface area is 155 Å². The number of piperidine rings is 3. The fourth-order valence-corrected chi connectivity index (χ4v) is 5.88. The van der Waals surface area contributed by atoms with Crippen LogP contribution in [0.15, 0.2) is 24.3 Å². The van der Waals surface area contributed by atoms with Crippen molar-refractivity contribution in [2.24, 2.45) is 5.92 Å². The van der Waals surface area contributed by atoms with E-state index in [1.54, 1.807) is 7.11 Å². The van der Waals surface area contributed by atoms with E-state index in [2.05, 4.69) is 39.0 Å². The van der Waals surface area contributed by atoms with Crippen LogP contribution in [0.1, 0.15) is 37.2 Å². The molecule has 5 heteroatoms. The molecule has 5 fully saturated rings. The van der Waals surface area contributed by atoms with E-state index in [0.717, 1.165) is 38.2 Å². The van der Waals surface area contributed by atoms with Gasteiger partial charge < -0.3 is 14.5 Å². The molecule has 5 aliphatic heterocycles. The molecule has 1 aromatic rings. The smallest absolute Gasteiger partial charge is 0.320 e. The van der Waals surface area contributed by atoms with E-state index in [1.165, 1.54) is 31.5 Å². The number of urea groups is 1. The summed E-state index contributed by atoms with van der Waals surface area (Å²) in [5.74, 6) is 2.00. The van der Waals surface area contributed by atoms with Crippen LogP contribution in [-0.2, 0) is 0 Å². The van der Waals surface area contributed by atoms with Crippen molar-refractivity contribution in [3.05, 3.63) is 29.8 Å². The summed E-state index contributed by atoms with van der Waals surface area (Å²) in [5.41, 5.74) is 1.35. The van der Waals surface area contributed by atoms with Gasteiger partial charge in [-0.05, 0) is 62.4 Å². The summed E-state index contributed by atoms with van der Waals surface area (Å²) in [5, 5.41) is 0. The first-order chi connectivity index (χ1) is 12.8. The highest BCUT2D eigenvalue weighted by atomic mass is 16.5. The van der Waals surface area contributed by atoms with E-state index in [-0.39, 0.29) is 0 Å². The minimum absolute atomic E-state index is 0.294. The molecule has 140 valence electrons. The molecule has 5 nitrogen and oxygen atoms in total. The molecule has 5 saturated heterocycles. The average molecular weight is 355 g/mol. The number of ether oxygens (including phenoxy) is 1. The topological polar surface area (TPSA) is 36.0 Å². The second-order valence-electron chi connectivity index (χ2n) is 8.36. The van der Waals surface area contributed by atoms with Crippen LogP contribution in [0.25, 0.3) is 0 Å². The Kier molecular flexibility index (Phi) is 4.07. The molecule has 0 unspecified atom stereocenters. The summed E-state index contributed by atoms with van der Waals surface area (Å²) in [6.45, 7) is 5.14. The summed E-state index contributed by atoms with van der Waals surface area (Å²) in [7, 11) is 1.71. The molecule has 1 aromatic carbocycles. The van der Waals surface area contributed by atoms with Crippen LogP contribution in [0.5, 0.6) is 5.75 Å². The van der Waals surface area contributed by atoms with Gasteiger partial charge in [-0.2, -0.15) is 0 Å². The van der Waals surface area contributed by atoms with Crippen molar-refractivity contribution in [1.29, 1.82) is 0 Å². The van der Waals surface area contributed by atoms with E-state index in [0.29, 0.717) is 30.0 Å². The van der Waals surface area contributed by atoms with Gasteiger partial charge in [0.05, 0.1) is 13.2 Å². The Bertz CT molecular complexity index is 662. The van der Waals surface area contributed by atoms with Crippen LogP contribution in [0.3, 0.4) is 0 Å². The predicted molar refractivity (Wildman–Crippen MR) is 101 cm³/mol. The number of benzene rings is 1. The molecular weight excluding hydrogens is 326 g/mol. The first-order valence-electron chi connectivity index (χ1n) is 10.2. The van der Waals surface area contributed by atoms with Crippen molar-refractivity contribution in [3.8, 4) is 5.75 Å². The largest absolute Gasteiger partial charge is 0.497 e. The molecule has 6 rings (SSSR count). The lowest BCUT2D eigenvalue weighted by Crippen LogP contribution is -2.61. The molecule has 5 aliphatic rings. The van der Waals surface area contributed by atoms with Crippen LogP contribution in [0, 0.1) is 5.92 Å². The maximum Gasteiger partial charge on any atom is 0.320 e. The Balaban J connectivity index is 1.46. The molecule has 0 radical (unpaired) electrons. The standard InChI is InChI=1S/C21H29N3O2/c1-26-17-6-4-15(5-7-17)18-14-24(21(25)23-10-2-3-11-23)19-16-8-12-22(13-9-16)20(18)19/h4-7,16,18-20H,2-3,8-14H2,1H3/t18-,19+,20+/m0/s1. The number of rotatable bonds is 2. The second-order valence-corrected chi connectivity index (χ2v) is 8.36. The van der Waals surface area contributed by atoms with Crippen LogP contribution in [-0.4, -0.2) is 72.6 Å². The van der Waals surface area contributed by atoms with Gasteiger partial charge in [0.1, 0.15) is 5.75 Å². The van der Waals surface area contributed by atoms with Gasteiger partial charge in [0.25, 0.3) is 0 Å². The number of hydrogen-bond donors (Lipinski definition) is 0. The minimum Gasteiger partial charge on any atom is -0.497 e. The van der Waals surface area contributed by atoms with E-state index in [4.69, 9.17) is 4.74 Å². The summed E-state index contributed by atoms with van der Waals surface area (Å²) in [6, 6.07) is 9.71. The van der Waals surface area contributed by atoms with Crippen molar-refractivity contribution in [3.63, 3.8) is 0 Å². The Morgan fingerprint density at radius 3 is 2.35 bits per heavy atom. The van der Waals surface area contributed by atoms with Crippen molar-refractivity contribution in [1.82, 2.24) is 14.7 Å². The normalized spacial score (nSPS) is 35.7. The summed E-state index contributed by atoms with van der Waals surface area (Å²) in [4.78, 5) is 20.3. The number of methoxy groups -OCH3 is 1. The van der Waals surface area contributed by atoms with Crippen molar-refractivity contribution in [2.45, 2.75) is 43.7 Å². The van der Waals surface area contributed by atoms with Gasteiger partial charge in [0.2, 0.25) is 0 Å². The number of hydrogen-bond acceptors (Lipinski definition) is 3. The zero-order valence-electron chi connectivity index (χ0n) is 15.6. The molecule has 0 aromatic heterocycles. The highest BCUT2D eigenvalue weighted by Gasteiger charge is 2.55. The summed E-state index contributed by atoms with van der Waals surface area (Å²) in [6.07, 6.45) is 4.82. The number of amides is 2. The Morgan fingerprint density at radius 2 is 1.69 bits per heavy atom. The van der Waals surface area contributed by atoms with Crippen molar-refractivity contribution in [2.75, 3.05) is 39.8 Å². The number of carbonyl (C=O) groups is 1. The monoisotopic (exact) mass is 355 g/mol. The first kappa shape index (κ1) is 16.4. The molecule has 2 amide bonds. The zero-order chi connectivity index (χ0) is 17.7. The molecule has 0 spiro atoms. The predicted octanol–water partition coefficient (Wildman–Crippen LogP) is 2.77. The third kappa shape index (κ3) is 2.51. The highest BCUT2D eigenvalue weighted by Crippen LogP contribution is 2.47. The lowest BCUT2D eigenvalue weighted by atomic mass is 9.75.